The predicted octanol–water partition coefficient (Wildman–Crippen LogP) is 3.64. The molecule has 2 aromatic rings. The molecule has 1 aliphatic heterocycles. The molecule has 162 valence electrons. The largest absolute Gasteiger partial charge is 0.346 e. The van der Waals surface area contributed by atoms with Gasteiger partial charge >= 0.3 is 0 Å². The summed E-state index contributed by atoms with van der Waals surface area (Å²) in [5, 5.41) is 3.03. The number of nitrogens with zero attached hydrogens (tertiary/aromatic N) is 3. The number of hydrogen-bond acceptors (Lipinski definition) is 3. The van der Waals surface area contributed by atoms with Gasteiger partial charge in [0.2, 0.25) is 5.91 Å². The highest BCUT2D eigenvalue weighted by Crippen LogP contribution is 2.22. The van der Waals surface area contributed by atoms with Crippen LogP contribution in [0.1, 0.15) is 54.1 Å². The number of piperazine rings is 1. The second kappa shape index (κ2) is 9.47. The van der Waals surface area contributed by atoms with Crippen molar-refractivity contribution in [2.45, 2.75) is 47.1 Å². The van der Waals surface area contributed by atoms with Gasteiger partial charge in [-0.05, 0) is 51.8 Å². The lowest BCUT2D eigenvalue weighted by atomic mass is 10.1. The van der Waals surface area contributed by atoms with Crippen LogP contribution in [0.25, 0.3) is 0 Å². The Morgan fingerprint density at radius 2 is 1.73 bits per heavy atom. The second-order valence-corrected chi connectivity index (χ2v) is 8.38. The molecule has 0 spiro atoms. The minimum atomic E-state index is -0.00356. The van der Waals surface area contributed by atoms with Crippen LogP contribution in [0, 0.1) is 13.8 Å². The number of anilines is 1. The molecule has 6 nitrogen and oxygen atoms in total. The van der Waals surface area contributed by atoms with Crippen molar-refractivity contribution in [2.24, 2.45) is 0 Å². The van der Waals surface area contributed by atoms with Gasteiger partial charge in [-0.15, -0.1) is 0 Å². The van der Waals surface area contributed by atoms with Crippen LogP contribution >= 0.6 is 0 Å². The smallest absolute Gasteiger partial charge is 0.255 e. The molecule has 0 aliphatic carbocycles. The van der Waals surface area contributed by atoms with Gasteiger partial charge in [0.05, 0.1) is 12.1 Å². The highest BCUT2D eigenvalue weighted by atomic mass is 16.2. The number of para-hydroxylation sites is 1. The summed E-state index contributed by atoms with van der Waals surface area (Å²) in [5.41, 5.74) is 4.97. The molecule has 2 amide bonds. The quantitative estimate of drug-likeness (QED) is 0.791. The maximum atomic E-state index is 13.1. The third kappa shape index (κ3) is 4.75. The molecule has 0 saturated carbocycles. The normalized spacial score (nSPS) is 14.9. The van der Waals surface area contributed by atoms with Crippen molar-refractivity contribution < 1.29 is 9.59 Å². The van der Waals surface area contributed by atoms with Crippen LogP contribution in [-0.4, -0.2) is 58.9 Å². The molecule has 2 heterocycles. The fraction of sp³-hybridized carbons (Fsp3) is 0.500. The van der Waals surface area contributed by atoms with Crippen molar-refractivity contribution in [3.05, 3.63) is 52.8 Å². The topological polar surface area (TPSA) is 57.6 Å². The van der Waals surface area contributed by atoms with E-state index in [-0.39, 0.29) is 11.8 Å². The van der Waals surface area contributed by atoms with Crippen LogP contribution in [0.5, 0.6) is 0 Å². The molecular weight excluding hydrogens is 376 g/mol. The maximum Gasteiger partial charge on any atom is 0.255 e. The highest BCUT2D eigenvalue weighted by molar-refractivity contribution is 5.96. The lowest BCUT2D eigenvalue weighted by Gasteiger charge is -2.34. The molecule has 1 fully saturated rings. The van der Waals surface area contributed by atoms with Crippen molar-refractivity contribution in [3.8, 4) is 0 Å². The molecule has 1 aromatic heterocycles. The van der Waals surface area contributed by atoms with Crippen molar-refractivity contribution >= 4 is 17.5 Å². The second-order valence-electron chi connectivity index (χ2n) is 8.38. The highest BCUT2D eigenvalue weighted by Gasteiger charge is 2.26. The number of hydrogen-bond donors (Lipinski definition) is 1. The minimum absolute atomic E-state index is 0.00356. The first-order chi connectivity index (χ1) is 14.3. The predicted molar refractivity (Wildman–Crippen MR) is 121 cm³/mol. The lowest BCUT2D eigenvalue weighted by molar-refractivity contribution is -0.117. The summed E-state index contributed by atoms with van der Waals surface area (Å²) in [6.07, 6.45) is 0.884. The summed E-state index contributed by atoms with van der Waals surface area (Å²) in [4.78, 5) is 29.6. The van der Waals surface area contributed by atoms with E-state index in [1.807, 2.05) is 42.2 Å². The van der Waals surface area contributed by atoms with Gasteiger partial charge in [-0.2, -0.15) is 0 Å². The van der Waals surface area contributed by atoms with E-state index < -0.39 is 0 Å². The number of carbonyl (C=O) groups is 2. The van der Waals surface area contributed by atoms with Gasteiger partial charge in [0, 0.05) is 49.3 Å². The minimum Gasteiger partial charge on any atom is -0.346 e. The zero-order valence-corrected chi connectivity index (χ0v) is 18.9. The summed E-state index contributed by atoms with van der Waals surface area (Å²) in [6.45, 7) is 13.5. The molecule has 0 unspecified atom stereocenters. The molecule has 1 saturated heterocycles. The Balaban J connectivity index is 1.55. The molecule has 0 bridgehead atoms. The zero-order chi connectivity index (χ0) is 21.8. The van der Waals surface area contributed by atoms with Crippen molar-refractivity contribution in [2.75, 3.05) is 38.0 Å². The summed E-state index contributed by atoms with van der Waals surface area (Å²) in [6, 6.07) is 10.2. The summed E-state index contributed by atoms with van der Waals surface area (Å²) < 4.78 is 2.21. The molecule has 1 aliphatic rings. The van der Waals surface area contributed by atoms with Crippen LogP contribution in [0.3, 0.4) is 0 Å². The Morgan fingerprint density at radius 1 is 1.07 bits per heavy atom. The van der Waals surface area contributed by atoms with Gasteiger partial charge in [-0.25, -0.2) is 0 Å². The fourth-order valence-electron chi connectivity index (χ4n) is 4.41. The Kier molecular flexibility index (Phi) is 6.98. The van der Waals surface area contributed by atoms with Gasteiger partial charge in [-0.1, -0.05) is 25.1 Å². The number of aromatic nitrogens is 1. The van der Waals surface area contributed by atoms with Gasteiger partial charge in [0.15, 0.2) is 0 Å². The maximum absolute atomic E-state index is 13.1. The average Bonchev–Trinajstić information content (AvgIpc) is 3.02. The summed E-state index contributed by atoms with van der Waals surface area (Å²) in [7, 11) is 0. The third-order valence-corrected chi connectivity index (χ3v) is 5.93. The van der Waals surface area contributed by atoms with Crippen molar-refractivity contribution in [1.29, 1.82) is 0 Å². The first-order valence-corrected chi connectivity index (χ1v) is 10.9. The molecule has 1 N–H and O–H groups in total. The Bertz CT molecular complexity index is 908. The Morgan fingerprint density at radius 3 is 2.33 bits per heavy atom. The standard InChI is InChI=1S/C24H34N4O2/c1-6-20-9-7-8-10-22(20)25-23(29)16-26-11-13-27(14-12-26)24(30)21-15-18(4)28(17(2)3)19(21)5/h7-10,15,17H,6,11-14,16H2,1-5H3,(H,25,29). The number of carbonyl (C=O) groups excluding carboxylic acids is 2. The molecule has 30 heavy (non-hydrogen) atoms. The Hall–Kier alpha value is -2.60. The monoisotopic (exact) mass is 410 g/mol. The van der Waals surface area contributed by atoms with E-state index in [4.69, 9.17) is 0 Å². The molecule has 0 atom stereocenters. The van der Waals surface area contributed by atoms with Gasteiger partial charge in [-0.3, -0.25) is 14.5 Å². The molecule has 3 rings (SSSR count). The van der Waals surface area contributed by atoms with E-state index in [0.717, 1.165) is 34.6 Å². The van der Waals surface area contributed by atoms with E-state index in [1.54, 1.807) is 0 Å². The van der Waals surface area contributed by atoms with E-state index in [2.05, 4.69) is 42.5 Å². The SMILES string of the molecule is CCc1ccccc1NC(=O)CN1CCN(C(=O)c2cc(C)n(C(C)C)c2C)CC1. The van der Waals surface area contributed by atoms with E-state index >= 15 is 0 Å². The third-order valence-electron chi connectivity index (χ3n) is 5.93. The first kappa shape index (κ1) is 22.1. The number of amides is 2. The van der Waals surface area contributed by atoms with Gasteiger partial charge in [0.25, 0.3) is 5.91 Å². The number of rotatable bonds is 6. The van der Waals surface area contributed by atoms with Crippen molar-refractivity contribution in [1.82, 2.24) is 14.4 Å². The van der Waals surface area contributed by atoms with Crippen LogP contribution < -0.4 is 5.32 Å². The zero-order valence-electron chi connectivity index (χ0n) is 18.9. The van der Waals surface area contributed by atoms with E-state index in [9.17, 15) is 9.59 Å². The Labute approximate surface area is 179 Å². The lowest BCUT2D eigenvalue weighted by Crippen LogP contribution is -2.50. The number of nitrogens with one attached hydrogen (secondary N) is 1. The molecular formula is C24H34N4O2. The van der Waals surface area contributed by atoms with Gasteiger partial charge in [0.1, 0.15) is 0 Å². The number of benzene rings is 1. The molecule has 6 heteroatoms. The van der Waals surface area contributed by atoms with Crippen molar-refractivity contribution in [3.63, 3.8) is 0 Å². The molecule has 0 radical (unpaired) electrons. The van der Waals surface area contributed by atoms with Gasteiger partial charge < -0.3 is 14.8 Å². The van der Waals surface area contributed by atoms with Crippen LogP contribution in [0.2, 0.25) is 0 Å². The first-order valence-electron chi connectivity index (χ1n) is 10.9. The summed E-state index contributed by atoms with van der Waals surface area (Å²) in [5.74, 6) is 0.0899. The van der Waals surface area contributed by atoms with Crippen LogP contribution in [0.4, 0.5) is 5.69 Å². The van der Waals surface area contributed by atoms with Crippen LogP contribution in [-0.2, 0) is 11.2 Å². The van der Waals surface area contributed by atoms with E-state index in [1.165, 1.54) is 0 Å². The van der Waals surface area contributed by atoms with Crippen LogP contribution in [0.15, 0.2) is 30.3 Å². The molecule has 1 aromatic carbocycles. The fourth-order valence-corrected chi connectivity index (χ4v) is 4.41. The summed E-state index contributed by atoms with van der Waals surface area (Å²) >= 11 is 0. The average molecular weight is 411 g/mol. The number of aryl methyl sites for hydroxylation is 2. The van der Waals surface area contributed by atoms with E-state index in [0.29, 0.717) is 38.8 Å².